The van der Waals surface area contributed by atoms with E-state index < -0.39 is 0 Å². The first-order chi connectivity index (χ1) is 8.67. The number of hydrogen-bond donors (Lipinski definition) is 2. The van der Waals surface area contributed by atoms with E-state index in [9.17, 15) is 0 Å². The van der Waals surface area contributed by atoms with Gasteiger partial charge < -0.3 is 15.0 Å². The summed E-state index contributed by atoms with van der Waals surface area (Å²) in [5.41, 5.74) is 1.56. The van der Waals surface area contributed by atoms with E-state index in [1.807, 2.05) is 6.20 Å². The minimum absolute atomic E-state index is 0.119. The highest BCUT2D eigenvalue weighted by Gasteiger charge is 2.55. The standard InChI is InChI=1S/C14H23N3O/c1-13(2,17-8-6-15-7-9-17)14(10-18-11-14)12-4-3-5-16-12/h3-5,15-16H,6-11H2,1-2H3. The van der Waals surface area contributed by atoms with Crippen LogP contribution in [0.25, 0.3) is 0 Å². The Morgan fingerprint density at radius 3 is 2.50 bits per heavy atom. The summed E-state index contributed by atoms with van der Waals surface area (Å²) in [6.45, 7) is 10.8. The molecule has 3 heterocycles. The number of ether oxygens (including phenoxy) is 1. The van der Waals surface area contributed by atoms with Crippen molar-refractivity contribution in [2.45, 2.75) is 24.8 Å². The van der Waals surface area contributed by atoms with Gasteiger partial charge in [-0.05, 0) is 26.0 Å². The van der Waals surface area contributed by atoms with Crippen molar-refractivity contribution < 1.29 is 4.74 Å². The molecular formula is C14H23N3O. The summed E-state index contributed by atoms with van der Waals surface area (Å²) in [6, 6.07) is 4.29. The van der Waals surface area contributed by atoms with Crippen LogP contribution < -0.4 is 5.32 Å². The van der Waals surface area contributed by atoms with E-state index >= 15 is 0 Å². The van der Waals surface area contributed by atoms with Crippen LogP contribution in [0.4, 0.5) is 0 Å². The number of aromatic nitrogens is 1. The number of aromatic amines is 1. The largest absolute Gasteiger partial charge is 0.379 e. The lowest BCUT2D eigenvalue weighted by Gasteiger charge is -2.57. The van der Waals surface area contributed by atoms with Gasteiger partial charge in [-0.2, -0.15) is 0 Å². The van der Waals surface area contributed by atoms with Crippen molar-refractivity contribution in [2.24, 2.45) is 0 Å². The molecule has 2 N–H and O–H groups in total. The molecule has 0 bridgehead atoms. The lowest BCUT2D eigenvalue weighted by Crippen LogP contribution is -2.69. The molecule has 0 unspecified atom stereocenters. The van der Waals surface area contributed by atoms with Gasteiger partial charge in [0.15, 0.2) is 0 Å². The Morgan fingerprint density at radius 2 is 2.00 bits per heavy atom. The maximum Gasteiger partial charge on any atom is 0.0748 e. The van der Waals surface area contributed by atoms with Gasteiger partial charge in [-0.3, -0.25) is 4.90 Å². The van der Waals surface area contributed by atoms with Crippen molar-refractivity contribution >= 4 is 0 Å². The summed E-state index contributed by atoms with van der Waals surface area (Å²) >= 11 is 0. The lowest BCUT2D eigenvalue weighted by molar-refractivity contribution is -0.138. The molecule has 4 nitrogen and oxygen atoms in total. The van der Waals surface area contributed by atoms with Crippen LogP contribution in [0.5, 0.6) is 0 Å². The Balaban J connectivity index is 1.90. The molecule has 2 fully saturated rings. The summed E-state index contributed by atoms with van der Waals surface area (Å²) < 4.78 is 5.58. The van der Waals surface area contributed by atoms with Crippen molar-refractivity contribution in [3.63, 3.8) is 0 Å². The fraction of sp³-hybridized carbons (Fsp3) is 0.714. The number of hydrogen-bond acceptors (Lipinski definition) is 3. The van der Waals surface area contributed by atoms with Gasteiger partial charge >= 0.3 is 0 Å². The van der Waals surface area contributed by atoms with E-state index in [0.29, 0.717) is 0 Å². The van der Waals surface area contributed by atoms with Crippen molar-refractivity contribution in [3.05, 3.63) is 24.0 Å². The van der Waals surface area contributed by atoms with Crippen LogP contribution in [-0.2, 0) is 10.2 Å². The number of nitrogens with zero attached hydrogens (tertiary/aromatic N) is 1. The molecule has 0 saturated carbocycles. The second kappa shape index (κ2) is 4.37. The Bertz CT molecular complexity index is 389. The average Bonchev–Trinajstić information content (AvgIpc) is 2.82. The van der Waals surface area contributed by atoms with Crippen molar-refractivity contribution in [1.82, 2.24) is 15.2 Å². The predicted octanol–water partition coefficient (Wildman–Crippen LogP) is 0.966. The molecule has 2 aliphatic heterocycles. The SMILES string of the molecule is CC(C)(N1CCNCC1)C1(c2ccc[nH]2)COC1. The molecule has 4 heteroatoms. The molecule has 0 aliphatic carbocycles. The van der Waals surface area contributed by atoms with Gasteiger partial charge in [0.1, 0.15) is 0 Å². The number of piperazine rings is 1. The first-order valence-electron chi connectivity index (χ1n) is 6.84. The molecule has 0 spiro atoms. The normalized spacial score (nSPS) is 24.8. The Labute approximate surface area is 109 Å². The molecule has 0 radical (unpaired) electrons. The zero-order valence-corrected chi connectivity index (χ0v) is 11.3. The summed E-state index contributed by atoms with van der Waals surface area (Å²) in [7, 11) is 0. The second-order valence-corrected chi connectivity index (χ2v) is 5.95. The van der Waals surface area contributed by atoms with Gasteiger partial charge in [-0.1, -0.05) is 0 Å². The maximum atomic E-state index is 5.58. The first kappa shape index (κ1) is 12.2. The van der Waals surface area contributed by atoms with Gasteiger partial charge in [0.2, 0.25) is 0 Å². The smallest absolute Gasteiger partial charge is 0.0748 e. The van der Waals surface area contributed by atoms with Crippen molar-refractivity contribution in [3.8, 4) is 0 Å². The minimum atomic E-state index is 0.119. The second-order valence-electron chi connectivity index (χ2n) is 5.95. The first-order valence-corrected chi connectivity index (χ1v) is 6.84. The third-order valence-electron chi connectivity index (χ3n) is 4.89. The van der Waals surface area contributed by atoms with Crippen LogP contribution in [0, 0.1) is 0 Å². The van der Waals surface area contributed by atoms with Crippen LogP contribution in [0.2, 0.25) is 0 Å². The highest BCUT2D eigenvalue weighted by molar-refractivity contribution is 5.28. The molecule has 0 amide bonds. The fourth-order valence-electron chi connectivity index (χ4n) is 3.30. The predicted molar refractivity (Wildman–Crippen MR) is 71.8 cm³/mol. The summed E-state index contributed by atoms with van der Waals surface area (Å²) in [4.78, 5) is 6.01. The van der Waals surface area contributed by atoms with E-state index in [-0.39, 0.29) is 11.0 Å². The van der Waals surface area contributed by atoms with E-state index in [1.54, 1.807) is 0 Å². The van der Waals surface area contributed by atoms with Crippen LogP contribution in [0.1, 0.15) is 19.5 Å². The zero-order valence-electron chi connectivity index (χ0n) is 11.3. The number of rotatable bonds is 3. The molecule has 18 heavy (non-hydrogen) atoms. The van der Waals surface area contributed by atoms with Gasteiger partial charge in [0, 0.05) is 43.6 Å². The molecule has 2 saturated heterocycles. The third kappa shape index (κ3) is 1.63. The van der Waals surface area contributed by atoms with E-state index in [0.717, 1.165) is 39.4 Å². The Hall–Kier alpha value is -0.840. The van der Waals surface area contributed by atoms with Crippen LogP contribution >= 0.6 is 0 Å². The number of nitrogens with one attached hydrogen (secondary N) is 2. The van der Waals surface area contributed by atoms with Crippen LogP contribution in [0.15, 0.2) is 18.3 Å². The van der Waals surface area contributed by atoms with Gasteiger partial charge in [0.25, 0.3) is 0 Å². The summed E-state index contributed by atoms with van der Waals surface area (Å²) in [5, 5.41) is 3.43. The lowest BCUT2D eigenvalue weighted by atomic mass is 9.66. The Morgan fingerprint density at radius 1 is 1.28 bits per heavy atom. The quantitative estimate of drug-likeness (QED) is 0.838. The molecular weight excluding hydrogens is 226 g/mol. The molecule has 3 rings (SSSR count). The molecule has 0 atom stereocenters. The van der Waals surface area contributed by atoms with E-state index in [1.165, 1.54) is 5.69 Å². The van der Waals surface area contributed by atoms with E-state index in [2.05, 4.69) is 41.2 Å². The third-order valence-corrected chi connectivity index (χ3v) is 4.89. The van der Waals surface area contributed by atoms with E-state index in [4.69, 9.17) is 4.74 Å². The molecule has 1 aromatic heterocycles. The Kier molecular flexibility index (Phi) is 2.96. The van der Waals surface area contributed by atoms with Gasteiger partial charge in [0.05, 0.1) is 18.6 Å². The topological polar surface area (TPSA) is 40.3 Å². The highest BCUT2D eigenvalue weighted by Crippen LogP contribution is 2.44. The maximum absolute atomic E-state index is 5.58. The average molecular weight is 249 g/mol. The zero-order chi connectivity index (χ0) is 12.6. The van der Waals surface area contributed by atoms with Crippen LogP contribution in [-0.4, -0.2) is 54.8 Å². The molecule has 1 aromatic rings. The minimum Gasteiger partial charge on any atom is -0.379 e. The number of H-pyrrole nitrogens is 1. The van der Waals surface area contributed by atoms with Gasteiger partial charge in [-0.15, -0.1) is 0 Å². The molecule has 2 aliphatic rings. The van der Waals surface area contributed by atoms with Crippen LogP contribution in [0.3, 0.4) is 0 Å². The van der Waals surface area contributed by atoms with Crippen molar-refractivity contribution in [2.75, 3.05) is 39.4 Å². The van der Waals surface area contributed by atoms with Crippen molar-refractivity contribution in [1.29, 1.82) is 0 Å². The fourth-order valence-corrected chi connectivity index (χ4v) is 3.30. The molecule has 0 aromatic carbocycles. The summed E-state index contributed by atoms with van der Waals surface area (Å²) in [5.74, 6) is 0. The molecule has 100 valence electrons. The highest BCUT2D eigenvalue weighted by atomic mass is 16.5. The summed E-state index contributed by atoms with van der Waals surface area (Å²) in [6.07, 6.45) is 2.02. The monoisotopic (exact) mass is 249 g/mol. The van der Waals surface area contributed by atoms with Gasteiger partial charge in [-0.25, -0.2) is 0 Å².